The lowest BCUT2D eigenvalue weighted by molar-refractivity contribution is -0.274. The van der Waals surface area contributed by atoms with E-state index >= 15 is 0 Å². The zero-order chi connectivity index (χ0) is 23.6. The second kappa shape index (κ2) is 8.61. The van der Waals surface area contributed by atoms with Crippen LogP contribution in [0, 0.1) is 0 Å². The van der Waals surface area contributed by atoms with Crippen LogP contribution in [0.15, 0.2) is 65.2 Å². The zero-order valence-corrected chi connectivity index (χ0v) is 17.1. The number of halogens is 3. The smallest absolute Gasteiger partial charge is 0.495 e. The molecule has 0 fully saturated rings. The molecule has 0 unspecified atom stereocenters. The van der Waals surface area contributed by atoms with Crippen LogP contribution in [-0.4, -0.2) is 24.7 Å². The van der Waals surface area contributed by atoms with Crippen molar-refractivity contribution in [1.29, 1.82) is 0 Å². The van der Waals surface area contributed by atoms with Crippen LogP contribution in [0.5, 0.6) is 11.5 Å². The topological polar surface area (TPSA) is 112 Å². The van der Waals surface area contributed by atoms with Gasteiger partial charge in [-0.15, -0.1) is 13.2 Å². The lowest BCUT2D eigenvalue weighted by atomic mass is 10.0. The number of urea groups is 1. The number of fused-ring (bicyclic) bond motifs is 1. The van der Waals surface area contributed by atoms with Crippen LogP contribution in [0.25, 0.3) is 22.1 Å². The van der Waals surface area contributed by atoms with E-state index in [0.29, 0.717) is 22.4 Å². The number of methoxy groups -OCH3 is 1. The Morgan fingerprint density at radius 2 is 1.85 bits per heavy atom. The van der Waals surface area contributed by atoms with Crippen LogP contribution in [0.3, 0.4) is 0 Å². The van der Waals surface area contributed by atoms with Crippen molar-refractivity contribution < 1.29 is 32.0 Å². The Kier molecular flexibility index (Phi) is 5.69. The molecule has 1 aromatic heterocycles. The Labute approximate surface area is 185 Å². The summed E-state index contributed by atoms with van der Waals surface area (Å²) in [6.45, 7) is 0. The highest BCUT2D eigenvalue weighted by molar-refractivity contribution is 6.03. The number of anilines is 3. The first-order chi connectivity index (χ1) is 15.7. The van der Waals surface area contributed by atoms with Gasteiger partial charge in [0.05, 0.1) is 18.2 Å². The quantitative estimate of drug-likeness (QED) is 0.358. The maximum absolute atomic E-state index is 12.4. The van der Waals surface area contributed by atoms with E-state index in [4.69, 9.17) is 15.0 Å². The lowest BCUT2D eigenvalue weighted by Gasteiger charge is -2.14. The Morgan fingerprint density at radius 1 is 1.06 bits per heavy atom. The van der Waals surface area contributed by atoms with Crippen molar-refractivity contribution in [3.05, 3.63) is 60.7 Å². The second-order valence-corrected chi connectivity index (χ2v) is 6.82. The minimum Gasteiger partial charge on any atom is -0.495 e. The normalized spacial score (nSPS) is 11.3. The number of nitrogens with one attached hydrogen (secondary N) is 2. The van der Waals surface area contributed by atoms with Crippen molar-refractivity contribution in [3.63, 3.8) is 0 Å². The number of amides is 2. The molecule has 8 nitrogen and oxygen atoms in total. The number of alkyl halides is 3. The van der Waals surface area contributed by atoms with E-state index in [1.807, 2.05) is 6.07 Å². The third-order valence-electron chi connectivity index (χ3n) is 4.61. The molecule has 11 heteroatoms. The molecule has 0 saturated carbocycles. The van der Waals surface area contributed by atoms with E-state index in [9.17, 15) is 18.0 Å². The van der Waals surface area contributed by atoms with Gasteiger partial charge in [-0.3, -0.25) is 0 Å². The lowest BCUT2D eigenvalue weighted by Crippen LogP contribution is -2.20. The largest absolute Gasteiger partial charge is 0.573 e. The highest BCUT2D eigenvalue weighted by atomic mass is 19.4. The van der Waals surface area contributed by atoms with Gasteiger partial charge in [0.25, 0.3) is 0 Å². The van der Waals surface area contributed by atoms with E-state index in [0.717, 1.165) is 23.3 Å². The first-order valence-electron chi connectivity index (χ1n) is 9.49. The number of rotatable bonds is 5. The molecule has 0 atom stereocenters. The van der Waals surface area contributed by atoms with E-state index in [-0.39, 0.29) is 11.5 Å². The van der Waals surface area contributed by atoms with E-state index < -0.39 is 18.1 Å². The summed E-state index contributed by atoms with van der Waals surface area (Å²) in [5.41, 5.74) is 8.42. The molecular weight excluding hydrogens is 441 g/mol. The van der Waals surface area contributed by atoms with Crippen LogP contribution in [-0.2, 0) is 0 Å². The summed E-state index contributed by atoms with van der Waals surface area (Å²) in [5, 5.41) is 9.49. The number of nitrogen functional groups attached to an aromatic ring is 1. The number of carbonyl (C=O) groups excluding carboxylic acids is 1. The van der Waals surface area contributed by atoms with E-state index in [1.165, 1.54) is 19.2 Å². The maximum atomic E-state index is 12.4. The molecule has 4 rings (SSSR count). The molecular formula is C22H17F3N4O4. The van der Waals surface area contributed by atoms with Gasteiger partial charge in [0.15, 0.2) is 11.4 Å². The summed E-state index contributed by atoms with van der Waals surface area (Å²) in [6, 6.07) is 14.7. The first-order valence-corrected chi connectivity index (χ1v) is 9.49. The minimum absolute atomic E-state index is 0.111. The zero-order valence-electron chi connectivity index (χ0n) is 17.1. The molecule has 33 heavy (non-hydrogen) atoms. The first kappa shape index (κ1) is 21.8. The molecule has 3 aromatic carbocycles. The fourth-order valence-electron chi connectivity index (χ4n) is 3.27. The number of benzene rings is 3. The third-order valence-corrected chi connectivity index (χ3v) is 4.61. The molecule has 0 bridgehead atoms. The number of aromatic nitrogens is 1. The second-order valence-electron chi connectivity index (χ2n) is 6.82. The molecule has 0 aliphatic heterocycles. The standard InChI is InChI=1S/C22H17F3N4O4/c1-31-18-10-12(15-6-3-7-17-19(15)20(26)29-33-17)8-9-16(18)28-21(30)27-13-4-2-5-14(11-13)32-22(23,24)25/h2-11H,1H3,(H2,26,29)(H2,27,28,30). The number of hydrogen-bond donors (Lipinski definition) is 3. The summed E-state index contributed by atoms with van der Waals surface area (Å²) in [5.74, 6) is 0.145. The number of hydrogen-bond acceptors (Lipinski definition) is 6. The molecule has 0 radical (unpaired) electrons. The van der Waals surface area contributed by atoms with E-state index in [2.05, 4.69) is 20.5 Å². The summed E-state index contributed by atoms with van der Waals surface area (Å²) >= 11 is 0. The van der Waals surface area contributed by atoms with Crippen LogP contribution in [0.4, 0.5) is 35.2 Å². The van der Waals surface area contributed by atoms with Crippen molar-refractivity contribution in [1.82, 2.24) is 5.16 Å². The summed E-state index contributed by atoms with van der Waals surface area (Å²) in [7, 11) is 1.44. The van der Waals surface area contributed by atoms with Crippen molar-refractivity contribution in [2.75, 3.05) is 23.5 Å². The number of carbonyl (C=O) groups is 1. The average Bonchev–Trinajstić information content (AvgIpc) is 3.14. The molecule has 0 spiro atoms. The van der Waals surface area contributed by atoms with Gasteiger partial charge in [0.1, 0.15) is 11.5 Å². The molecule has 4 N–H and O–H groups in total. The molecule has 2 amide bonds. The Balaban J connectivity index is 1.54. The van der Waals surface area contributed by atoms with Gasteiger partial charge in [0, 0.05) is 11.8 Å². The fourth-order valence-corrected chi connectivity index (χ4v) is 3.27. The van der Waals surface area contributed by atoms with Gasteiger partial charge in [-0.2, -0.15) is 0 Å². The SMILES string of the molecule is COc1cc(-c2cccc3onc(N)c23)ccc1NC(=O)Nc1cccc(OC(F)(F)F)c1. The van der Waals surface area contributed by atoms with Crippen molar-refractivity contribution >= 4 is 34.2 Å². The average molecular weight is 458 g/mol. The Hall–Kier alpha value is -4.41. The van der Waals surface area contributed by atoms with Gasteiger partial charge in [-0.1, -0.05) is 29.4 Å². The monoisotopic (exact) mass is 458 g/mol. The highest BCUT2D eigenvalue weighted by Gasteiger charge is 2.31. The predicted octanol–water partition coefficient (Wildman–Crippen LogP) is 5.63. The third kappa shape index (κ3) is 4.92. The summed E-state index contributed by atoms with van der Waals surface area (Å²) in [6.07, 6.45) is -4.84. The van der Waals surface area contributed by atoms with Crippen LogP contribution in [0.1, 0.15) is 0 Å². The number of nitrogens with two attached hydrogens (primary N) is 1. The highest BCUT2D eigenvalue weighted by Crippen LogP contribution is 2.36. The molecule has 0 saturated heterocycles. The number of ether oxygens (including phenoxy) is 2. The fraction of sp³-hybridized carbons (Fsp3) is 0.0909. The van der Waals surface area contributed by atoms with Gasteiger partial charge < -0.3 is 30.4 Å². The molecule has 1 heterocycles. The molecule has 4 aromatic rings. The van der Waals surface area contributed by atoms with Gasteiger partial charge in [-0.25, -0.2) is 4.79 Å². The minimum atomic E-state index is -4.84. The van der Waals surface area contributed by atoms with Crippen molar-refractivity contribution in [2.24, 2.45) is 0 Å². The molecule has 0 aliphatic carbocycles. The van der Waals surface area contributed by atoms with Crippen LogP contribution in [0.2, 0.25) is 0 Å². The Bertz CT molecular complexity index is 1320. The summed E-state index contributed by atoms with van der Waals surface area (Å²) < 4.78 is 51.6. The van der Waals surface area contributed by atoms with Crippen molar-refractivity contribution in [2.45, 2.75) is 6.36 Å². The Morgan fingerprint density at radius 3 is 2.61 bits per heavy atom. The van der Waals surface area contributed by atoms with Gasteiger partial charge in [0.2, 0.25) is 0 Å². The predicted molar refractivity (Wildman–Crippen MR) is 116 cm³/mol. The van der Waals surface area contributed by atoms with Crippen molar-refractivity contribution in [3.8, 4) is 22.6 Å². The van der Waals surface area contributed by atoms with E-state index in [1.54, 1.807) is 30.3 Å². The summed E-state index contributed by atoms with van der Waals surface area (Å²) in [4.78, 5) is 12.4. The molecule has 170 valence electrons. The van der Waals surface area contributed by atoms with Crippen LogP contribution >= 0.6 is 0 Å². The van der Waals surface area contributed by atoms with Crippen LogP contribution < -0.4 is 25.8 Å². The van der Waals surface area contributed by atoms with Gasteiger partial charge >= 0.3 is 12.4 Å². The number of nitrogens with zero attached hydrogens (tertiary/aromatic N) is 1. The van der Waals surface area contributed by atoms with Gasteiger partial charge in [-0.05, 0) is 41.5 Å². The maximum Gasteiger partial charge on any atom is 0.573 e. The molecule has 0 aliphatic rings.